The van der Waals surface area contributed by atoms with Gasteiger partial charge in [-0.1, -0.05) is 42.0 Å². The third kappa shape index (κ3) is 4.07. The van der Waals surface area contributed by atoms with Crippen molar-refractivity contribution in [3.63, 3.8) is 0 Å². The number of benzene rings is 3. The Kier molecular flexibility index (Phi) is 5.34. The largest absolute Gasteiger partial charge is 0.378 e. The molecule has 1 aliphatic heterocycles. The first-order chi connectivity index (χ1) is 15.8. The van der Waals surface area contributed by atoms with E-state index in [2.05, 4.69) is 22.2 Å². The second kappa shape index (κ2) is 8.20. The average Bonchev–Trinajstić information content (AvgIpc) is 3.29. The van der Waals surface area contributed by atoms with Crippen LogP contribution in [0.3, 0.4) is 0 Å². The van der Waals surface area contributed by atoms with Crippen LogP contribution in [-0.2, 0) is 10.0 Å². The number of rotatable bonds is 5. The van der Waals surface area contributed by atoms with Gasteiger partial charge in [-0.2, -0.15) is 0 Å². The van der Waals surface area contributed by atoms with Crippen molar-refractivity contribution in [1.82, 2.24) is 0 Å². The molecule has 1 heterocycles. The third-order valence-electron chi connectivity index (χ3n) is 6.18. The molecule has 0 radical (unpaired) electrons. The van der Waals surface area contributed by atoms with Crippen molar-refractivity contribution in [2.24, 2.45) is 5.92 Å². The van der Waals surface area contributed by atoms with Crippen molar-refractivity contribution in [2.45, 2.75) is 23.3 Å². The number of nitrogens with one attached hydrogen (secondary N) is 2. The van der Waals surface area contributed by atoms with E-state index >= 15 is 0 Å². The van der Waals surface area contributed by atoms with Crippen LogP contribution in [0.4, 0.5) is 17.1 Å². The second-order valence-electron chi connectivity index (χ2n) is 8.19. The number of hydrogen-bond donors (Lipinski definition) is 2. The van der Waals surface area contributed by atoms with Gasteiger partial charge in [0.05, 0.1) is 21.5 Å². The Balaban J connectivity index is 1.47. The lowest BCUT2D eigenvalue weighted by molar-refractivity contribution is -0.384. The Morgan fingerprint density at radius 1 is 1.06 bits per heavy atom. The lowest BCUT2D eigenvalue weighted by atomic mass is 9.77. The molecule has 0 saturated carbocycles. The highest BCUT2D eigenvalue weighted by Crippen LogP contribution is 2.50. The highest BCUT2D eigenvalue weighted by atomic mass is 35.5. The van der Waals surface area contributed by atoms with Crippen LogP contribution in [0.2, 0.25) is 5.02 Å². The summed E-state index contributed by atoms with van der Waals surface area (Å²) in [5.74, 6) is 0.330. The molecule has 9 heteroatoms. The first-order valence-corrected chi connectivity index (χ1v) is 12.3. The molecule has 7 nitrogen and oxygen atoms in total. The van der Waals surface area contributed by atoms with Crippen molar-refractivity contribution in [1.29, 1.82) is 0 Å². The highest BCUT2D eigenvalue weighted by Gasteiger charge is 2.38. The van der Waals surface area contributed by atoms with Gasteiger partial charge in [0, 0.05) is 28.8 Å². The van der Waals surface area contributed by atoms with Gasteiger partial charge in [-0.15, -0.1) is 0 Å². The zero-order chi connectivity index (χ0) is 23.2. The molecule has 3 atom stereocenters. The van der Waals surface area contributed by atoms with Crippen LogP contribution in [0, 0.1) is 16.0 Å². The van der Waals surface area contributed by atoms with Crippen molar-refractivity contribution in [3.05, 3.63) is 105 Å². The molecule has 2 N–H and O–H groups in total. The fourth-order valence-electron chi connectivity index (χ4n) is 4.64. The van der Waals surface area contributed by atoms with Gasteiger partial charge in [-0.3, -0.25) is 14.8 Å². The van der Waals surface area contributed by atoms with Gasteiger partial charge in [0.2, 0.25) is 0 Å². The molecule has 3 aromatic carbocycles. The summed E-state index contributed by atoms with van der Waals surface area (Å²) < 4.78 is 28.5. The number of nitro benzene ring substituents is 1. The van der Waals surface area contributed by atoms with Gasteiger partial charge in [0.1, 0.15) is 0 Å². The molecule has 2 aliphatic rings. The van der Waals surface area contributed by atoms with Crippen LogP contribution < -0.4 is 10.0 Å². The van der Waals surface area contributed by atoms with Gasteiger partial charge in [0.25, 0.3) is 15.7 Å². The first-order valence-electron chi connectivity index (χ1n) is 10.4. The van der Waals surface area contributed by atoms with Crippen LogP contribution in [0.25, 0.3) is 0 Å². The highest BCUT2D eigenvalue weighted by molar-refractivity contribution is 7.92. The lowest BCUT2D eigenvalue weighted by Crippen LogP contribution is -2.29. The molecule has 0 amide bonds. The van der Waals surface area contributed by atoms with Crippen LogP contribution >= 0.6 is 11.6 Å². The van der Waals surface area contributed by atoms with E-state index < -0.39 is 14.9 Å². The van der Waals surface area contributed by atoms with E-state index in [1.54, 1.807) is 18.2 Å². The number of allylic oxidation sites excluding steroid dienone is 2. The molecule has 0 unspecified atom stereocenters. The van der Waals surface area contributed by atoms with E-state index in [0.29, 0.717) is 5.02 Å². The average molecular weight is 482 g/mol. The zero-order valence-electron chi connectivity index (χ0n) is 17.3. The Morgan fingerprint density at radius 3 is 2.61 bits per heavy atom. The summed E-state index contributed by atoms with van der Waals surface area (Å²) in [4.78, 5) is 10.6. The maximum atomic E-state index is 13.0. The van der Waals surface area contributed by atoms with Crippen LogP contribution in [-0.4, -0.2) is 13.3 Å². The fourth-order valence-corrected chi connectivity index (χ4v) is 5.85. The summed E-state index contributed by atoms with van der Waals surface area (Å²) in [6, 6.07) is 18.3. The van der Waals surface area contributed by atoms with E-state index in [-0.39, 0.29) is 34.1 Å². The Morgan fingerprint density at radius 2 is 1.85 bits per heavy atom. The lowest BCUT2D eigenvalue weighted by Gasteiger charge is -2.37. The molecule has 0 spiro atoms. The quantitative estimate of drug-likeness (QED) is 0.269. The molecule has 1 aliphatic carbocycles. The summed E-state index contributed by atoms with van der Waals surface area (Å²) >= 11 is 6.06. The molecule has 0 saturated heterocycles. The summed E-state index contributed by atoms with van der Waals surface area (Å²) in [5, 5.41) is 15.3. The maximum Gasteiger partial charge on any atom is 0.271 e. The molecule has 33 heavy (non-hydrogen) atoms. The van der Waals surface area contributed by atoms with Crippen LogP contribution in [0.5, 0.6) is 0 Å². The van der Waals surface area contributed by atoms with E-state index in [1.165, 1.54) is 24.3 Å². The van der Waals surface area contributed by atoms with E-state index in [4.69, 9.17) is 11.6 Å². The monoisotopic (exact) mass is 481 g/mol. The normalized spacial score (nSPS) is 21.1. The van der Waals surface area contributed by atoms with Gasteiger partial charge in [-0.25, -0.2) is 8.42 Å². The number of nitrogens with zero attached hydrogens (tertiary/aromatic N) is 1. The van der Waals surface area contributed by atoms with Crippen molar-refractivity contribution >= 4 is 38.7 Å². The Hall–Kier alpha value is -3.36. The maximum absolute atomic E-state index is 13.0. The number of hydrogen-bond acceptors (Lipinski definition) is 5. The number of anilines is 2. The Bertz CT molecular complexity index is 1370. The number of fused-ring (bicyclic) bond motifs is 3. The minimum Gasteiger partial charge on any atom is -0.378 e. The number of non-ortho nitro benzene ring substituents is 1. The van der Waals surface area contributed by atoms with Crippen molar-refractivity contribution < 1.29 is 13.3 Å². The minimum absolute atomic E-state index is 0.0786. The number of nitro groups is 1. The molecular weight excluding hydrogens is 462 g/mol. The van der Waals surface area contributed by atoms with Gasteiger partial charge in [-0.05, 0) is 59.9 Å². The fraction of sp³-hybridized carbons (Fsp3) is 0.167. The topological polar surface area (TPSA) is 101 Å². The predicted molar refractivity (Wildman–Crippen MR) is 128 cm³/mol. The van der Waals surface area contributed by atoms with Crippen molar-refractivity contribution in [2.75, 3.05) is 10.0 Å². The predicted octanol–water partition coefficient (Wildman–Crippen LogP) is 5.88. The Labute approximate surface area is 196 Å². The smallest absolute Gasteiger partial charge is 0.271 e. The number of halogens is 1. The summed E-state index contributed by atoms with van der Waals surface area (Å²) in [5.41, 5.74) is 2.89. The van der Waals surface area contributed by atoms with E-state index in [9.17, 15) is 18.5 Å². The van der Waals surface area contributed by atoms with Gasteiger partial charge < -0.3 is 5.32 Å². The van der Waals surface area contributed by atoms with Crippen LogP contribution in [0.1, 0.15) is 29.5 Å². The van der Waals surface area contributed by atoms with E-state index in [1.807, 2.05) is 24.3 Å². The molecule has 0 bridgehead atoms. The molecular formula is C24H20ClN3O4S. The SMILES string of the molecule is O=[N+]([O-])c1cccc(NS(=O)(=O)c2ccc3c(c2)[C@H]2C=CC[C@H]2[C@@H](c2ccc(Cl)cc2)N3)c1. The molecule has 0 aromatic heterocycles. The third-order valence-corrected chi connectivity index (χ3v) is 7.81. The zero-order valence-corrected chi connectivity index (χ0v) is 18.9. The minimum atomic E-state index is -3.93. The summed E-state index contributed by atoms with van der Waals surface area (Å²) in [7, 11) is -3.93. The van der Waals surface area contributed by atoms with Crippen molar-refractivity contribution in [3.8, 4) is 0 Å². The summed E-state index contributed by atoms with van der Waals surface area (Å²) in [6.45, 7) is 0. The first kappa shape index (κ1) is 21.5. The van der Waals surface area contributed by atoms with Gasteiger partial charge in [0.15, 0.2) is 0 Å². The van der Waals surface area contributed by atoms with Gasteiger partial charge >= 0.3 is 0 Å². The standard InChI is InChI=1S/C24H20ClN3O4S/c25-16-9-7-15(8-10-16)24-21-6-2-5-20(21)22-14-19(11-12-23(22)26-24)33(31,32)27-17-3-1-4-18(13-17)28(29)30/h1-5,7-14,20-21,24,26-27H,6H2/t20-,21+,24+/m0/s1. The molecule has 5 rings (SSSR count). The molecule has 3 aromatic rings. The number of sulfonamides is 1. The summed E-state index contributed by atoms with van der Waals surface area (Å²) in [6.07, 6.45) is 5.16. The van der Waals surface area contributed by atoms with E-state index in [0.717, 1.165) is 23.2 Å². The molecule has 168 valence electrons. The van der Waals surface area contributed by atoms with Crippen LogP contribution in [0.15, 0.2) is 83.8 Å². The second-order valence-corrected chi connectivity index (χ2v) is 10.3. The molecule has 0 fully saturated rings.